The minimum Gasteiger partial charge on any atom is -0.302 e. The summed E-state index contributed by atoms with van der Waals surface area (Å²) in [5.41, 5.74) is 0. The van der Waals surface area contributed by atoms with Gasteiger partial charge in [-0.1, -0.05) is 71.1 Å². The van der Waals surface area contributed by atoms with Gasteiger partial charge in [0.15, 0.2) is 5.11 Å². The standard InChI is InChI=1S/C16H28N2O2S/c1-2-3-4-5-6-7-8-9-10-11-12-13-14(19)17-16(21)18-15(13)20/h13H,2-12H2,1H3,(H2,17,18,19,20,21). The van der Waals surface area contributed by atoms with Crippen LogP contribution in [0.25, 0.3) is 0 Å². The van der Waals surface area contributed by atoms with Crippen LogP contribution < -0.4 is 10.6 Å². The second-order valence-corrected chi connectivity index (χ2v) is 6.24. The van der Waals surface area contributed by atoms with Crippen LogP contribution in [0.1, 0.15) is 77.6 Å². The van der Waals surface area contributed by atoms with Crippen LogP contribution in [0.2, 0.25) is 0 Å². The quantitative estimate of drug-likeness (QED) is 0.349. The number of unbranched alkanes of at least 4 members (excludes halogenated alkanes) is 9. The lowest BCUT2D eigenvalue weighted by Crippen LogP contribution is -2.55. The molecule has 0 saturated carbocycles. The van der Waals surface area contributed by atoms with Gasteiger partial charge in [-0.05, 0) is 18.6 Å². The molecule has 4 nitrogen and oxygen atoms in total. The molecule has 0 aromatic carbocycles. The van der Waals surface area contributed by atoms with E-state index in [1.54, 1.807) is 0 Å². The van der Waals surface area contributed by atoms with E-state index in [1.807, 2.05) is 0 Å². The molecule has 2 amide bonds. The Morgan fingerprint density at radius 1 is 0.810 bits per heavy atom. The summed E-state index contributed by atoms with van der Waals surface area (Å²) in [6, 6.07) is 0. The Morgan fingerprint density at radius 3 is 1.71 bits per heavy atom. The Bertz CT molecular complexity index is 338. The molecule has 120 valence electrons. The third-order valence-corrected chi connectivity index (χ3v) is 4.16. The van der Waals surface area contributed by atoms with Crippen molar-refractivity contribution >= 4 is 29.1 Å². The Balaban J connectivity index is 1.98. The van der Waals surface area contributed by atoms with Gasteiger partial charge in [0.2, 0.25) is 11.8 Å². The summed E-state index contributed by atoms with van der Waals surface area (Å²) in [7, 11) is 0. The zero-order valence-corrected chi connectivity index (χ0v) is 13.9. The van der Waals surface area contributed by atoms with E-state index in [0.29, 0.717) is 6.42 Å². The third-order valence-electron chi connectivity index (χ3n) is 3.95. The fourth-order valence-corrected chi connectivity index (χ4v) is 2.85. The number of thiocarbonyl (C=S) groups is 1. The van der Waals surface area contributed by atoms with Crippen molar-refractivity contribution in [3.63, 3.8) is 0 Å². The summed E-state index contributed by atoms with van der Waals surface area (Å²) >= 11 is 4.77. The van der Waals surface area contributed by atoms with E-state index < -0.39 is 5.92 Å². The van der Waals surface area contributed by atoms with Crippen LogP contribution >= 0.6 is 12.2 Å². The Kier molecular flexibility index (Phi) is 9.22. The summed E-state index contributed by atoms with van der Waals surface area (Å²) in [6.07, 6.45) is 13.1. The molecule has 0 aliphatic carbocycles. The molecule has 1 aliphatic heterocycles. The van der Waals surface area contributed by atoms with Gasteiger partial charge in [-0.25, -0.2) is 0 Å². The molecule has 5 heteroatoms. The topological polar surface area (TPSA) is 58.2 Å². The number of nitrogens with one attached hydrogen (secondary N) is 2. The molecule has 1 saturated heterocycles. The zero-order chi connectivity index (χ0) is 15.5. The van der Waals surface area contributed by atoms with E-state index in [4.69, 9.17) is 12.2 Å². The first-order chi connectivity index (χ1) is 10.1. The van der Waals surface area contributed by atoms with Crippen molar-refractivity contribution in [1.82, 2.24) is 10.6 Å². The van der Waals surface area contributed by atoms with Crippen LogP contribution in [0.3, 0.4) is 0 Å². The lowest BCUT2D eigenvalue weighted by Gasteiger charge is -2.22. The van der Waals surface area contributed by atoms with Crippen molar-refractivity contribution in [1.29, 1.82) is 0 Å². The maximum Gasteiger partial charge on any atom is 0.238 e. The molecule has 1 aliphatic rings. The Labute approximate surface area is 133 Å². The SMILES string of the molecule is CCCCCCCCCCCCC1C(=O)NC(=S)NC1=O. The average molecular weight is 312 g/mol. The highest BCUT2D eigenvalue weighted by Gasteiger charge is 2.31. The van der Waals surface area contributed by atoms with Gasteiger partial charge in [-0.15, -0.1) is 0 Å². The van der Waals surface area contributed by atoms with Crippen molar-refractivity contribution in [2.75, 3.05) is 0 Å². The molecule has 2 N–H and O–H groups in total. The van der Waals surface area contributed by atoms with Crippen molar-refractivity contribution in [2.45, 2.75) is 77.6 Å². The van der Waals surface area contributed by atoms with E-state index in [-0.39, 0.29) is 16.9 Å². The number of carbonyl (C=O) groups excluding carboxylic acids is 2. The van der Waals surface area contributed by atoms with Crippen LogP contribution in [0.5, 0.6) is 0 Å². The monoisotopic (exact) mass is 312 g/mol. The minimum absolute atomic E-state index is 0.129. The summed E-state index contributed by atoms with van der Waals surface area (Å²) < 4.78 is 0. The van der Waals surface area contributed by atoms with Gasteiger partial charge in [0.05, 0.1) is 0 Å². The highest BCUT2D eigenvalue weighted by atomic mass is 32.1. The molecule has 21 heavy (non-hydrogen) atoms. The second kappa shape index (κ2) is 10.7. The molecular weight excluding hydrogens is 284 g/mol. The third kappa shape index (κ3) is 7.55. The Morgan fingerprint density at radius 2 is 1.24 bits per heavy atom. The largest absolute Gasteiger partial charge is 0.302 e. The molecule has 0 bridgehead atoms. The number of hydrogen-bond acceptors (Lipinski definition) is 3. The van der Waals surface area contributed by atoms with Gasteiger partial charge in [0, 0.05) is 0 Å². The molecule has 0 atom stereocenters. The molecule has 0 unspecified atom stereocenters. The number of carbonyl (C=O) groups is 2. The average Bonchev–Trinajstić information content (AvgIpc) is 2.43. The first-order valence-corrected chi connectivity index (χ1v) is 8.71. The molecule has 1 fully saturated rings. The first-order valence-electron chi connectivity index (χ1n) is 8.31. The minimum atomic E-state index is -0.564. The van der Waals surface area contributed by atoms with E-state index >= 15 is 0 Å². The molecule has 1 rings (SSSR count). The van der Waals surface area contributed by atoms with Crippen molar-refractivity contribution in [2.24, 2.45) is 5.92 Å². The molecule has 1 heterocycles. The fourth-order valence-electron chi connectivity index (χ4n) is 2.65. The summed E-state index contributed by atoms with van der Waals surface area (Å²) in [6.45, 7) is 2.24. The number of hydrogen-bond donors (Lipinski definition) is 2. The normalized spacial score (nSPS) is 16.0. The van der Waals surface area contributed by atoms with Crippen LogP contribution in [0, 0.1) is 5.92 Å². The summed E-state index contributed by atoms with van der Waals surface area (Å²) in [4.78, 5) is 23.3. The summed E-state index contributed by atoms with van der Waals surface area (Å²) in [5, 5.41) is 5.14. The van der Waals surface area contributed by atoms with Crippen LogP contribution in [0.15, 0.2) is 0 Å². The second-order valence-electron chi connectivity index (χ2n) is 5.83. The van der Waals surface area contributed by atoms with E-state index in [9.17, 15) is 9.59 Å². The van der Waals surface area contributed by atoms with Gasteiger partial charge >= 0.3 is 0 Å². The van der Waals surface area contributed by atoms with Gasteiger partial charge in [-0.2, -0.15) is 0 Å². The fraction of sp³-hybridized carbons (Fsp3) is 0.812. The van der Waals surface area contributed by atoms with Crippen LogP contribution in [0.4, 0.5) is 0 Å². The lowest BCUT2D eigenvalue weighted by molar-refractivity contribution is -0.135. The predicted octanol–water partition coefficient (Wildman–Crippen LogP) is 3.44. The van der Waals surface area contributed by atoms with Crippen molar-refractivity contribution in [3.8, 4) is 0 Å². The van der Waals surface area contributed by atoms with Crippen LogP contribution in [-0.2, 0) is 9.59 Å². The van der Waals surface area contributed by atoms with E-state index in [0.717, 1.165) is 12.8 Å². The number of rotatable bonds is 11. The maximum absolute atomic E-state index is 11.6. The van der Waals surface area contributed by atoms with Crippen LogP contribution in [-0.4, -0.2) is 16.9 Å². The van der Waals surface area contributed by atoms with Crippen molar-refractivity contribution in [3.05, 3.63) is 0 Å². The highest BCUT2D eigenvalue weighted by molar-refractivity contribution is 7.80. The summed E-state index contributed by atoms with van der Waals surface area (Å²) in [5.74, 6) is -1.06. The van der Waals surface area contributed by atoms with E-state index in [2.05, 4.69) is 17.6 Å². The molecular formula is C16H28N2O2S. The van der Waals surface area contributed by atoms with Gasteiger partial charge in [0.25, 0.3) is 0 Å². The maximum atomic E-state index is 11.6. The predicted molar refractivity (Wildman–Crippen MR) is 88.8 cm³/mol. The molecule has 0 radical (unpaired) electrons. The first kappa shape index (κ1) is 18.1. The van der Waals surface area contributed by atoms with Gasteiger partial charge in [-0.3, -0.25) is 9.59 Å². The zero-order valence-electron chi connectivity index (χ0n) is 13.1. The van der Waals surface area contributed by atoms with E-state index in [1.165, 1.54) is 51.4 Å². The Hall–Kier alpha value is -0.970. The lowest BCUT2D eigenvalue weighted by atomic mass is 9.97. The molecule has 0 aromatic rings. The van der Waals surface area contributed by atoms with Gasteiger partial charge in [0.1, 0.15) is 5.92 Å². The smallest absolute Gasteiger partial charge is 0.238 e. The van der Waals surface area contributed by atoms with Crippen molar-refractivity contribution < 1.29 is 9.59 Å². The van der Waals surface area contributed by atoms with Gasteiger partial charge < -0.3 is 10.6 Å². The highest BCUT2D eigenvalue weighted by Crippen LogP contribution is 2.15. The molecule has 0 spiro atoms. The molecule has 0 aromatic heterocycles. The number of amides is 2.